The minimum atomic E-state index is -0.455. The van der Waals surface area contributed by atoms with Crippen LogP contribution in [-0.2, 0) is 0 Å². The van der Waals surface area contributed by atoms with E-state index in [4.69, 9.17) is 28.3 Å². The summed E-state index contributed by atoms with van der Waals surface area (Å²) < 4.78 is 13.4. The van der Waals surface area contributed by atoms with Crippen LogP contribution in [0.25, 0.3) is 0 Å². The van der Waals surface area contributed by atoms with E-state index in [9.17, 15) is 4.39 Å². The predicted molar refractivity (Wildman–Crippen MR) is 78.3 cm³/mol. The molecule has 19 heavy (non-hydrogen) atoms. The van der Waals surface area contributed by atoms with Crippen molar-refractivity contribution < 1.29 is 9.50 Å². The van der Waals surface area contributed by atoms with Crippen LogP contribution in [0.2, 0.25) is 10.0 Å². The Morgan fingerprint density at radius 3 is 2.58 bits per heavy atom. The Morgan fingerprint density at radius 2 is 1.95 bits per heavy atom. The smallest absolute Gasteiger partial charge is 0.142 e. The van der Waals surface area contributed by atoms with E-state index < -0.39 is 5.82 Å². The van der Waals surface area contributed by atoms with Gasteiger partial charge in [0.15, 0.2) is 0 Å². The molecule has 2 unspecified atom stereocenters. The van der Waals surface area contributed by atoms with Crippen LogP contribution in [0.4, 0.5) is 4.39 Å². The molecule has 0 fully saturated rings. The molecular formula is C14H20Cl2FNO. The average Bonchev–Trinajstić information content (AvgIpc) is 2.38. The Labute approximate surface area is 123 Å². The summed E-state index contributed by atoms with van der Waals surface area (Å²) in [4.78, 5) is 0. The first-order valence-corrected chi connectivity index (χ1v) is 7.20. The molecule has 5 heteroatoms. The maximum absolute atomic E-state index is 13.4. The number of hydrogen-bond donors (Lipinski definition) is 2. The van der Waals surface area contributed by atoms with Crippen molar-refractivity contribution in [3.05, 3.63) is 33.6 Å². The van der Waals surface area contributed by atoms with E-state index in [1.807, 2.05) is 13.8 Å². The molecule has 0 spiro atoms. The molecule has 0 aliphatic heterocycles. The number of rotatable bonds is 7. The summed E-state index contributed by atoms with van der Waals surface area (Å²) >= 11 is 11.7. The molecule has 2 N–H and O–H groups in total. The Balaban J connectivity index is 2.50. The first-order valence-electron chi connectivity index (χ1n) is 6.44. The maximum Gasteiger partial charge on any atom is 0.142 e. The van der Waals surface area contributed by atoms with Crippen LogP contribution < -0.4 is 5.32 Å². The van der Waals surface area contributed by atoms with E-state index in [1.165, 1.54) is 12.1 Å². The van der Waals surface area contributed by atoms with Crippen molar-refractivity contribution in [1.82, 2.24) is 5.32 Å². The molecule has 1 aromatic rings. The molecular weight excluding hydrogens is 288 g/mol. The van der Waals surface area contributed by atoms with Crippen molar-refractivity contribution in [3.8, 4) is 0 Å². The Hall–Kier alpha value is -0.350. The topological polar surface area (TPSA) is 32.3 Å². The Kier molecular flexibility index (Phi) is 7.08. The average molecular weight is 308 g/mol. The van der Waals surface area contributed by atoms with Gasteiger partial charge in [-0.2, -0.15) is 0 Å². The van der Waals surface area contributed by atoms with Crippen LogP contribution >= 0.6 is 23.2 Å². The molecule has 0 radical (unpaired) electrons. The van der Waals surface area contributed by atoms with Gasteiger partial charge in [-0.3, -0.25) is 0 Å². The largest absolute Gasteiger partial charge is 0.396 e. The monoisotopic (exact) mass is 307 g/mol. The fourth-order valence-electron chi connectivity index (χ4n) is 1.84. The van der Waals surface area contributed by atoms with Crippen LogP contribution in [-0.4, -0.2) is 18.3 Å². The minimum absolute atomic E-state index is 0.0382. The normalized spacial score (nSPS) is 14.4. The summed E-state index contributed by atoms with van der Waals surface area (Å²) in [7, 11) is 0. The fraction of sp³-hybridized carbons (Fsp3) is 0.571. The van der Waals surface area contributed by atoms with E-state index in [-0.39, 0.29) is 17.7 Å². The highest BCUT2D eigenvalue weighted by Gasteiger charge is 2.13. The number of aliphatic hydroxyl groups is 1. The van der Waals surface area contributed by atoms with E-state index in [0.29, 0.717) is 16.5 Å². The summed E-state index contributed by atoms with van der Waals surface area (Å²) in [5.74, 6) is -0.141. The van der Waals surface area contributed by atoms with E-state index >= 15 is 0 Å². The molecule has 2 nitrogen and oxygen atoms in total. The number of benzene rings is 1. The van der Waals surface area contributed by atoms with Crippen molar-refractivity contribution in [2.24, 2.45) is 5.92 Å². The first kappa shape index (κ1) is 16.7. The molecule has 0 amide bonds. The third-order valence-electron chi connectivity index (χ3n) is 3.14. The molecule has 0 heterocycles. The highest BCUT2D eigenvalue weighted by atomic mass is 35.5. The Morgan fingerprint density at radius 1 is 1.26 bits per heavy atom. The standard InChI is InChI=1S/C14H20Cl2FNO/c1-9(8-19)4-3-5-18-10(2)11-6-14(17)13(16)7-12(11)15/h6-7,9-10,18-19H,3-5,8H2,1-2H3. The molecule has 0 saturated carbocycles. The molecule has 0 aromatic heterocycles. The third-order valence-corrected chi connectivity index (χ3v) is 3.76. The lowest BCUT2D eigenvalue weighted by molar-refractivity contribution is 0.227. The summed E-state index contributed by atoms with van der Waals surface area (Å²) in [5, 5.41) is 12.7. The van der Waals surface area contributed by atoms with Gasteiger partial charge in [0.2, 0.25) is 0 Å². The number of nitrogens with one attached hydrogen (secondary N) is 1. The molecule has 0 saturated heterocycles. The Bertz CT molecular complexity index is 415. The van der Waals surface area contributed by atoms with Crippen molar-refractivity contribution in [1.29, 1.82) is 0 Å². The highest BCUT2D eigenvalue weighted by molar-refractivity contribution is 6.35. The highest BCUT2D eigenvalue weighted by Crippen LogP contribution is 2.28. The van der Waals surface area contributed by atoms with Crippen molar-refractivity contribution in [2.45, 2.75) is 32.7 Å². The van der Waals surface area contributed by atoms with Crippen molar-refractivity contribution >= 4 is 23.2 Å². The maximum atomic E-state index is 13.4. The van der Waals surface area contributed by atoms with Gasteiger partial charge in [-0.05, 0) is 49.9 Å². The lowest BCUT2D eigenvalue weighted by atomic mass is 10.1. The fourth-order valence-corrected chi connectivity index (χ4v) is 2.39. The van der Waals surface area contributed by atoms with Crippen LogP contribution in [0.15, 0.2) is 12.1 Å². The second kappa shape index (κ2) is 8.05. The molecule has 0 bridgehead atoms. The van der Waals surface area contributed by atoms with E-state index in [0.717, 1.165) is 19.4 Å². The van der Waals surface area contributed by atoms with Gasteiger partial charge < -0.3 is 10.4 Å². The second-order valence-corrected chi connectivity index (χ2v) is 5.71. The third kappa shape index (κ3) is 5.27. The van der Waals surface area contributed by atoms with Gasteiger partial charge in [0.25, 0.3) is 0 Å². The minimum Gasteiger partial charge on any atom is -0.396 e. The quantitative estimate of drug-likeness (QED) is 0.585. The van der Waals surface area contributed by atoms with Gasteiger partial charge in [-0.25, -0.2) is 4.39 Å². The first-order chi connectivity index (χ1) is 8.95. The second-order valence-electron chi connectivity index (χ2n) is 4.89. The van der Waals surface area contributed by atoms with E-state index in [1.54, 1.807) is 0 Å². The van der Waals surface area contributed by atoms with Crippen molar-refractivity contribution in [2.75, 3.05) is 13.2 Å². The number of hydrogen-bond acceptors (Lipinski definition) is 2. The van der Waals surface area contributed by atoms with Gasteiger partial charge >= 0.3 is 0 Å². The SMILES string of the molecule is CC(CO)CCCNC(C)c1cc(F)c(Cl)cc1Cl. The zero-order valence-electron chi connectivity index (χ0n) is 11.2. The van der Waals surface area contributed by atoms with Gasteiger partial charge in [-0.1, -0.05) is 30.1 Å². The zero-order chi connectivity index (χ0) is 14.4. The van der Waals surface area contributed by atoms with Gasteiger partial charge in [0, 0.05) is 17.7 Å². The lowest BCUT2D eigenvalue weighted by Crippen LogP contribution is -2.21. The molecule has 0 aliphatic carbocycles. The zero-order valence-corrected chi connectivity index (χ0v) is 12.7. The van der Waals surface area contributed by atoms with Crippen LogP contribution in [0.5, 0.6) is 0 Å². The summed E-state index contributed by atoms with van der Waals surface area (Å²) in [5.41, 5.74) is 0.707. The van der Waals surface area contributed by atoms with E-state index in [2.05, 4.69) is 5.32 Å². The molecule has 1 aromatic carbocycles. The summed E-state index contributed by atoms with van der Waals surface area (Å²) in [6.07, 6.45) is 1.92. The summed E-state index contributed by atoms with van der Waals surface area (Å²) in [6.45, 7) is 4.95. The molecule has 1 rings (SSSR count). The van der Waals surface area contributed by atoms with Gasteiger partial charge in [0.1, 0.15) is 5.82 Å². The van der Waals surface area contributed by atoms with Crippen molar-refractivity contribution in [3.63, 3.8) is 0 Å². The van der Waals surface area contributed by atoms with Crippen LogP contribution in [0, 0.1) is 11.7 Å². The number of aliphatic hydroxyl groups excluding tert-OH is 1. The lowest BCUT2D eigenvalue weighted by Gasteiger charge is -2.17. The number of halogens is 3. The van der Waals surface area contributed by atoms with Gasteiger partial charge in [-0.15, -0.1) is 0 Å². The molecule has 2 atom stereocenters. The predicted octanol–water partition coefficient (Wildman–Crippen LogP) is 4.19. The van der Waals surface area contributed by atoms with Crippen LogP contribution in [0.1, 0.15) is 38.3 Å². The molecule has 0 aliphatic rings. The summed E-state index contributed by atoms with van der Waals surface area (Å²) in [6, 6.07) is 2.77. The molecule has 108 valence electrons. The van der Waals surface area contributed by atoms with Gasteiger partial charge in [0.05, 0.1) is 5.02 Å². The van der Waals surface area contributed by atoms with Crippen LogP contribution in [0.3, 0.4) is 0 Å².